The molecule has 2 saturated heterocycles. The minimum Gasteiger partial charge on any atom is -0.460 e. The number of carbonyl (C=O) groups is 6. The summed E-state index contributed by atoms with van der Waals surface area (Å²) in [5.41, 5.74) is 2.34. The third-order valence-electron chi connectivity index (χ3n) is 16.2. The molecule has 422 valence electrons. The van der Waals surface area contributed by atoms with Crippen LogP contribution < -0.4 is 5.32 Å². The number of piperidine rings is 1. The van der Waals surface area contributed by atoms with Gasteiger partial charge in [0.25, 0.3) is 11.7 Å². The predicted octanol–water partition coefficient (Wildman–Crippen LogP) is 8.16. The van der Waals surface area contributed by atoms with Crippen LogP contribution in [0.15, 0.2) is 77.9 Å². The highest BCUT2D eigenvalue weighted by atomic mass is 16.6. The predicted molar refractivity (Wildman–Crippen MR) is 288 cm³/mol. The van der Waals surface area contributed by atoms with Crippen LogP contribution in [0.2, 0.25) is 0 Å². The molecule has 1 saturated carbocycles. The van der Waals surface area contributed by atoms with Crippen LogP contribution in [-0.4, -0.2) is 139 Å². The summed E-state index contributed by atoms with van der Waals surface area (Å²) in [5, 5.41) is 26.4. The van der Waals surface area contributed by atoms with Gasteiger partial charge in [-0.3, -0.25) is 19.2 Å². The zero-order valence-corrected chi connectivity index (χ0v) is 46.8. The SMILES string of the molecule is CO[C@H]1C[C@@H]2CC[C@@H](C)[C@@](O)(O2)C(=O)C(=O)N2CCCC[C@H]2C(=O)O[C@H]([C@H](C)C[C@@H]2CC[C@@H](OC(=O)NCCc3ccccc3)[C@H](OC)C2)CC(=O)[C@H](C)/C=C(\C)[C@@H](O)[C@@H](OC)C(=O)[C@H](C)C[C@H](C)/C=C/C=C/C=C/1C. The molecule has 3 N–H and O–H groups in total. The topological polar surface area (TPSA) is 214 Å². The van der Waals surface area contributed by atoms with Crippen LogP contribution in [0.4, 0.5) is 4.79 Å². The maximum Gasteiger partial charge on any atom is 0.407 e. The van der Waals surface area contributed by atoms with Gasteiger partial charge >= 0.3 is 12.1 Å². The number of hydrogen-bond acceptors (Lipinski definition) is 14. The first-order valence-corrected chi connectivity index (χ1v) is 27.7. The van der Waals surface area contributed by atoms with Gasteiger partial charge in [-0.2, -0.15) is 0 Å². The number of fused-ring (bicyclic) bond motifs is 3. The first-order chi connectivity index (χ1) is 36.2. The lowest BCUT2D eigenvalue weighted by Crippen LogP contribution is -2.61. The average molecular weight is 1060 g/mol. The number of aliphatic hydroxyl groups excluding tert-OH is 1. The second-order valence-electron chi connectivity index (χ2n) is 22.1. The number of nitrogens with zero attached hydrogens (tertiary/aromatic N) is 1. The number of esters is 1. The molecule has 1 aromatic rings. The van der Waals surface area contributed by atoms with Crippen molar-refractivity contribution in [2.75, 3.05) is 34.4 Å². The molecule has 3 heterocycles. The third-order valence-corrected chi connectivity index (χ3v) is 16.2. The summed E-state index contributed by atoms with van der Waals surface area (Å²) in [7, 11) is 4.53. The molecule has 1 aliphatic carbocycles. The Kier molecular flexibility index (Phi) is 24.3. The summed E-state index contributed by atoms with van der Waals surface area (Å²) in [6, 6.07) is 8.65. The summed E-state index contributed by atoms with van der Waals surface area (Å²) in [5.74, 6) is -8.30. The second kappa shape index (κ2) is 29.8. The standard InChI is InChI=1S/C60H88N2O14/c1-37-19-13-11-14-20-38(2)50(71-8)35-46-26-24-43(7)60(70,76-46)56(66)57(67)62-30-18-17-23-47(62)58(68)74-51(36-48(63)39(3)32-42(6)54(65)55(73-10)53(64)41(5)31-37)40(4)33-45-25-27-49(52(34-45)72-9)75-59(69)61-29-28-44-21-15-12-16-22-44/h11-16,19-22,32,37,39-41,43,45-47,49-52,54-55,65,70H,17-18,23-31,33-36H2,1-10H3,(H,61,69)/b14-11+,19-13+,38-20+,42-32+/t37-,39-,40-,41-,43-,45+,46+,47+,49-,50+,51+,52-,54-,55+,60-/m1/s1. The van der Waals surface area contributed by atoms with Gasteiger partial charge in [-0.15, -0.1) is 0 Å². The fourth-order valence-electron chi connectivity index (χ4n) is 11.4. The van der Waals surface area contributed by atoms with Crippen molar-refractivity contribution in [2.24, 2.45) is 35.5 Å². The Hall–Kier alpha value is -4.84. The van der Waals surface area contributed by atoms with Crippen molar-refractivity contribution in [1.29, 1.82) is 0 Å². The number of ketones is 3. The number of alkyl carbamates (subject to hydrolysis) is 1. The Morgan fingerprint density at radius 2 is 1.59 bits per heavy atom. The number of rotatable bonds is 10. The van der Waals surface area contributed by atoms with Gasteiger partial charge in [0, 0.05) is 65.0 Å². The molecule has 76 heavy (non-hydrogen) atoms. The second-order valence-corrected chi connectivity index (χ2v) is 22.1. The van der Waals surface area contributed by atoms with E-state index >= 15 is 0 Å². The molecule has 2 amide bonds. The summed E-state index contributed by atoms with van der Waals surface area (Å²) in [6.45, 7) is 13.1. The van der Waals surface area contributed by atoms with Crippen LogP contribution in [0.25, 0.3) is 0 Å². The quantitative estimate of drug-likeness (QED) is 0.115. The van der Waals surface area contributed by atoms with Crippen molar-refractivity contribution in [2.45, 2.75) is 186 Å². The first kappa shape index (κ1) is 62.0. The van der Waals surface area contributed by atoms with Crippen LogP contribution in [0, 0.1) is 35.5 Å². The average Bonchev–Trinajstić information content (AvgIpc) is 3.40. The number of amides is 2. The van der Waals surface area contributed by atoms with Crippen molar-refractivity contribution < 1.29 is 67.4 Å². The number of nitrogens with one attached hydrogen (secondary N) is 1. The Morgan fingerprint density at radius 3 is 2.29 bits per heavy atom. The number of Topliss-reactive ketones (excluding diaryl/α,β-unsaturated/α-hetero) is 3. The Bertz CT molecular complexity index is 2230. The van der Waals surface area contributed by atoms with E-state index in [1.165, 1.54) is 12.0 Å². The van der Waals surface area contributed by atoms with Gasteiger partial charge in [-0.05, 0) is 119 Å². The summed E-state index contributed by atoms with van der Waals surface area (Å²) in [4.78, 5) is 85.6. The lowest BCUT2D eigenvalue weighted by molar-refractivity contribution is -0.265. The number of hydrogen-bond donors (Lipinski definition) is 3. The van der Waals surface area contributed by atoms with E-state index in [1.54, 1.807) is 41.1 Å². The fraction of sp³-hybridized carbons (Fsp3) is 0.667. The molecule has 0 aromatic heterocycles. The molecule has 3 aliphatic heterocycles. The van der Waals surface area contributed by atoms with Crippen LogP contribution >= 0.6 is 0 Å². The molecule has 2 bridgehead atoms. The van der Waals surface area contributed by atoms with E-state index in [9.17, 15) is 39.0 Å². The Labute approximate surface area is 451 Å². The lowest BCUT2D eigenvalue weighted by Gasteiger charge is -2.42. The van der Waals surface area contributed by atoms with Gasteiger partial charge in [0.1, 0.15) is 36.2 Å². The number of benzene rings is 1. The molecule has 5 rings (SSSR count). The van der Waals surface area contributed by atoms with Crippen LogP contribution in [0.5, 0.6) is 0 Å². The molecular formula is C60H88N2O14. The van der Waals surface area contributed by atoms with Gasteiger partial charge in [0.2, 0.25) is 5.79 Å². The normalized spacial score (nSPS) is 36.1. The highest BCUT2D eigenvalue weighted by molar-refractivity contribution is 6.39. The molecule has 0 unspecified atom stereocenters. The van der Waals surface area contributed by atoms with Crippen LogP contribution in [0.3, 0.4) is 0 Å². The Morgan fingerprint density at radius 1 is 0.855 bits per heavy atom. The van der Waals surface area contributed by atoms with E-state index in [1.807, 2.05) is 88.4 Å². The van der Waals surface area contributed by atoms with E-state index in [4.69, 9.17) is 28.4 Å². The van der Waals surface area contributed by atoms with E-state index in [-0.39, 0.29) is 42.8 Å². The Balaban J connectivity index is 1.41. The molecule has 16 nitrogen and oxygen atoms in total. The van der Waals surface area contributed by atoms with E-state index in [2.05, 4.69) is 5.32 Å². The molecular weight excluding hydrogens is 973 g/mol. The van der Waals surface area contributed by atoms with Crippen LogP contribution in [0.1, 0.15) is 131 Å². The van der Waals surface area contributed by atoms with Gasteiger partial charge in [-0.1, -0.05) is 101 Å². The van der Waals surface area contributed by atoms with Gasteiger partial charge in [0.15, 0.2) is 5.78 Å². The zero-order valence-electron chi connectivity index (χ0n) is 46.8. The maximum absolute atomic E-state index is 14.6. The van der Waals surface area contributed by atoms with Gasteiger partial charge < -0.3 is 48.9 Å². The van der Waals surface area contributed by atoms with Gasteiger partial charge in [-0.25, -0.2) is 9.59 Å². The molecule has 16 heteroatoms. The minimum absolute atomic E-state index is 0.00365. The summed E-state index contributed by atoms with van der Waals surface area (Å²) in [6.07, 6.45) is 10.9. The van der Waals surface area contributed by atoms with Crippen molar-refractivity contribution in [3.63, 3.8) is 0 Å². The molecule has 0 radical (unpaired) electrons. The van der Waals surface area contributed by atoms with Crippen LogP contribution in [-0.2, 0) is 58.8 Å². The number of aliphatic hydroxyl groups is 2. The maximum atomic E-state index is 14.6. The number of ether oxygens (including phenoxy) is 6. The van der Waals surface area contributed by atoms with Gasteiger partial charge in [0.05, 0.1) is 18.3 Å². The highest BCUT2D eigenvalue weighted by Crippen LogP contribution is 2.38. The van der Waals surface area contributed by atoms with E-state index < -0.39 is 102 Å². The number of carbonyl (C=O) groups excluding carboxylic acids is 6. The van der Waals surface area contributed by atoms with E-state index in [0.717, 1.165) is 11.1 Å². The number of methoxy groups -OCH3 is 3. The van der Waals surface area contributed by atoms with E-state index in [0.29, 0.717) is 82.7 Å². The number of allylic oxidation sites excluding steroid dienone is 6. The molecule has 4 aliphatic rings. The molecule has 1 aromatic carbocycles. The smallest absolute Gasteiger partial charge is 0.407 e. The van der Waals surface area contributed by atoms with Crippen molar-refractivity contribution >= 4 is 35.3 Å². The monoisotopic (exact) mass is 1060 g/mol. The highest BCUT2D eigenvalue weighted by Gasteiger charge is 2.53. The fourth-order valence-corrected chi connectivity index (χ4v) is 11.4. The van der Waals surface area contributed by atoms with Crippen molar-refractivity contribution in [3.05, 3.63) is 83.5 Å². The third kappa shape index (κ3) is 17.1. The molecule has 3 fully saturated rings. The summed E-state index contributed by atoms with van der Waals surface area (Å²) < 4.78 is 35.7. The molecule has 15 atom stereocenters. The van der Waals surface area contributed by atoms with Crippen molar-refractivity contribution in [3.8, 4) is 0 Å². The minimum atomic E-state index is -2.45. The first-order valence-electron chi connectivity index (χ1n) is 27.7. The lowest BCUT2D eigenvalue weighted by atomic mass is 9.78. The molecule has 0 spiro atoms. The number of cyclic esters (lactones) is 1. The largest absolute Gasteiger partial charge is 0.460 e. The summed E-state index contributed by atoms with van der Waals surface area (Å²) >= 11 is 0. The van der Waals surface area contributed by atoms with Crippen molar-refractivity contribution in [1.82, 2.24) is 10.2 Å². The zero-order chi connectivity index (χ0) is 55.7.